The Kier molecular flexibility index (Phi) is 3.97. The highest BCUT2D eigenvalue weighted by molar-refractivity contribution is 6.62. The Morgan fingerprint density at radius 1 is 1.24 bits per heavy atom. The predicted octanol–water partition coefficient (Wildman–Crippen LogP) is 1.72. The summed E-state index contributed by atoms with van der Waals surface area (Å²) in [6, 6.07) is 11.6. The van der Waals surface area contributed by atoms with E-state index in [-0.39, 0.29) is 0 Å². The molecule has 108 valence electrons. The fourth-order valence-corrected chi connectivity index (χ4v) is 2.66. The highest BCUT2D eigenvalue weighted by atomic mass is 16.5. The molecule has 1 aliphatic rings. The van der Waals surface area contributed by atoms with Gasteiger partial charge < -0.3 is 20.1 Å². The molecule has 4 nitrogen and oxygen atoms in total. The summed E-state index contributed by atoms with van der Waals surface area (Å²) < 4.78 is 11.3. The van der Waals surface area contributed by atoms with Gasteiger partial charge in [0.25, 0.3) is 0 Å². The molecular weight excluding hydrogens is 265 g/mol. The zero-order chi connectivity index (χ0) is 14.8. The molecule has 0 saturated carbocycles. The average molecular weight is 283 g/mol. The number of ether oxygens (including phenoxy) is 1. The summed E-state index contributed by atoms with van der Waals surface area (Å²) in [6.07, 6.45) is 0.778. The summed E-state index contributed by atoms with van der Waals surface area (Å²) in [5.74, 6) is 1.52. The molecule has 21 heavy (non-hydrogen) atoms. The van der Waals surface area contributed by atoms with Crippen LogP contribution in [0.2, 0.25) is 0 Å². The molecule has 1 heterocycles. The molecular formula is C16H18BNO3. The SMILES string of the molecule is CCc1c(Oc2ccc(CN)cc2)ccc2c1B(O)OC2. The van der Waals surface area contributed by atoms with Crippen molar-refractivity contribution in [3.8, 4) is 11.5 Å². The smallest absolute Gasteiger partial charge is 0.457 e. The van der Waals surface area contributed by atoms with Gasteiger partial charge in [0.15, 0.2) is 0 Å². The van der Waals surface area contributed by atoms with Crippen molar-refractivity contribution in [2.24, 2.45) is 5.73 Å². The molecule has 0 fully saturated rings. The first kappa shape index (κ1) is 14.1. The molecule has 0 atom stereocenters. The molecule has 2 aromatic rings. The summed E-state index contributed by atoms with van der Waals surface area (Å²) >= 11 is 0. The fourth-order valence-electron chi connectivity index (χ4n) is 2.66. The Hall–Kier alpha value is -1.82. The van der Waals surface area contributed by atoms with E-state index < -0.39 is 7.12 Å². The van der Waals surface area contributed by atoms with E-state index in [4.69, 9.17) is 15.1 Å². The summed E-state index contributed by atoms with van der Waals surface area (Å²) in [7, 11) is -0.849. The Balaban J connectivity index is 1.93. The Morgan fingerprint density at radius 3 is 2.67 bits per heavy atom. The first-order valence-corrected chi connectivity index (χ1v) is 7.14. The quantitative estimate of drug-likeness (QED) is 0.838. The van der Waals surface area contributed by atoms with Crippen molar-refractivity contribution in [1.82, 2.24) is 0 Å². The third kappa shape index (κ3) is 2.68. The van der Waals surface area contributed by atoms with E-state index in [1.165, 1.54) is 0 Å². The van der Waals surface area contributed by atoms with Crippen LogP contribution in [0.25, 0.3) is 0 Å². The van der Waals surface area contributed by atoms with Crippen LogP contribution in [0.3, 0.4) is 0 Å². The van der Waals surface area contributed by atoms with E-state index in [1.807, 2.05) is 43.3 Å². The number of nitrogens with two attached hydrogens (primary N) is 1. The number of fused-ring (bicyclic) bond motifs is 1. The van der Waals surface area contributed by atoms with Gasteiger partial charge in [0.1, 0.15) is 11.5 Å². The summed E-state index contributed by atoms with van der Waals surface area (Å²) in [5, 5.41) is 9.96. The van der Waals surface area contributed by atoms with Crippen LogP contribution in [-0.4, -0.2) is 12.1 Å². The maximum absolute atomic E-state index is 9.96. The van der Waals surface area contributed by atoms with Crippen LogP contribution in [0, 0.1) is 0 Å². The van der Waals surface area contributed by atoms with Crippen molar-refractivity contribution in [3.05, 3.63) is 53.1 Å². The lowest BCUT2D eigenvalue weighted by Crippen LogP contribution is -2.31. The van der Waals surface area contributed by atoms with Gasteiger partial charge in [-0.15, -0.1) is 0 Å². The topological polar surface area (TPSA) is 64.7 Å². The number of rotatable bonds is 4. The van der Waals surface area contributed by atoms with Gasteiger partial charge >= 0.3 is 7.12 Å². The minimum atomic E-state index is -0.849. The second-order valence-corrected chi connectivity index (χ2v) is 5.08. The molecule has 0 saturated heterocycles. The standard InChI is InChI=1S/C16H18BNO3/c1-2-14-15(8-5-12-10-20-17(19)16(12)14)21-13-6-3-11(9-18)4-7-13/h3-8,19H,2,9-10,18H2,1H3. The lowest BCUT2D eigenvalue weighted by atomic mass is 9.75. The van der Waals surface area contributed by atoms with E-state index in [2.05, 4.69) is 0 Å². The lowest BCUT2D eigenvalue weighted by molar-refractivity contribution is 0.275. The molecule has 0 bridgehead atoms. The van der Waals surface area contributed by atoms with Crippen molar-refractivity contribution in [2.45, 2.75) is 26.5 Å². The summed E-state index contributed by atoms with van der Waals surface area (Å²) in [5.41, 5.74) is 9.55. The molecule has 5 heteroatoms. The molecule has 0 aliphatic carbocycles. The Morgan fingerprint density at radius 2 is 2.00 bits per heavy atom. The Labute approximate surface area is 124 Å². The van der Waals surface area contributed by atoms with E-state index in [9.17, 15) is 5.02 Å². The van der Waals surface area contributed by atoms with Crippen LogP contribution in [0.15, 0.2) is 36.4 Å². The summed E-state index contributed by atoms with van der Waals surface area (Å²) in [6.45, 7) is 3.02. The third-order valence-corrected chi connectivity index (χ3v) is 3.79. The van der Waals surface area contributed by atoms with E-state index in [1.54, 1.807) is 0 Å². The van der Waals surface area contributed by atoms with Crippen molar-refractivity contribution in [2.75, 3.05) is 0 Å². The molecule has 0 radical (unpaired) electrons. The summed E-state index contributed by atoms with van der Waals surface area (Å²) in [4.78, 5) is 0. The minimum absolute atomic E-state index is 0.453. The average Bonchev–Trinajstić information content (AvgIpc) is 2.90. The maximum atomic E-state index is 9.96. The lowest BCUT2D eigenvalue weighted by Gasteiger charge is -2.14. The van der Waals surface area contributed by atoms with Crippen LogP contribution >= 0.6 is 0 Å². The first-order chi connectivity index (χ1) is 10.2. The van der Waals surface area contributed by atoms with Crippen LogP contribution in [0.1, 0.15) is 23.6 Å². The zero-order valence-corrected chi connectivity index (χ0v) is 12.0. The van der Waals surface area contributed by atoms with Gasteiger partial charge in [0, 0.05) is 6.54 Å². The van der Waals surface area contributed by atoms with Gasteiger partial charge in [-0.1, -0.05) is 25.1 Å². The van der Waals surface area contributed by atoms with Crippen molar-refractivity contribution in [3.63, 3.8) is 0 Å². The third-order valence-electron chi connectivity index (χ3n) is 3.79. The largest absolute Gasteiger partial charge is 0.492 e. The van der Waals surface area contributed by atoms with Crippen LogP contribution in [-0.2, 0) is 24.2 Å². The van der Waals surface area contributed by atoms with Gasteiger partial charge in [-0.25, -0.2) is 0 Å². The van der Waals surface area contributed by atoms with Crippen LogP contribution in [0.5, 0.6) is 11.5 Å². The zero-order valence-electron chi connectivity index (χ0n) is 12.0. The van der Waals surface area contributed by atoms with E-state index in [0.717, 1.165) is 40.1 Å². The van der Waals surface area contributed by atoms with Gasteiger partial charge in [0.2, 0.25) is 0 Å². The first-order valence-electron chi connectivity index (χ1n) is 7.14. The normalized spacial score (nSPS) is 13.4. The molecule has 3 rings (SSSR count). The van der Waals surface area contributed by atoms with E-state index in [0.29, 0.717) is 13.2 Å². The molecule has 1 aliphatic heterocycles. The molecule has 0 spiro atoms. The molecule has 0 aromatic heterocycles. The second-order valence-electron chi connectivity index (χ2n) is 5.08. The van der Waals surface area contributed by atoms with Gasteiger partial charge in [-0.3, -0.25) is 0 Å². The van der Waals surface area contributed by atoms with Crippen molar-refractivity contribution < 1.29 is 14.4 Å². The highest BCUT2D eigenvalue weighted by Gasteiger charge is 2.31. The molecule has 0 amide bonds. The van der Waals surface area contributed by atoms with Crippen LogP contribution in [0.4, 0.5) is 0 Å². The molecule has 3 N–H and O–H groups in total. The monoisotopic (exact) mass is 283 g/mol. The number of hydrogen-bond donors (Lipinski definition) is 2. The Bertz CT molecular complexity index is 643. The second kappa shape index (κ2) is 5.89. The van der Waals surface area contributed by atoms with Crippen LogP contribution < -0.4 is 15.9 Å². The minimum Gasteiger partial charge on any atom is -0.457 e. The van der Waals surface area contributed by atoms with Gasteiger partial charge in [-0.2, -0.15) is 0 Å². The maximum Gasteiger partial charge on any atom is 0.492 e. The van der Waals surface area contributed by atoms with Gasteiger partial charge in [-0.05, 0) is 46.8 Å². The molecule has 0 unspecified atom stereocenters. The van der Waals surface area contributed by atoms with Crippen molar-refractivity contribution in [1.29, 1.82) is 0 Å². The fraction of sp³-hybridized carbons (Fsp3) is 0.250. The number of hydrogen-bond acceptors (Lipinski definition) is 4. The highest BCUT2D eigenvalue weighted by Crippen LogP contribution is 2.28. The number of benzene rings is 2. The molecule has 2 aromatic carbocycles. The predicted molar refractivity (Wildman–Crippen MR) is 82.6 cm³/mol. The van der Waals surface area contributed by atoms with Crippen molar-refractivity contribution >= 4 is 12.6 Å². The van der Waals surface area contributed by atoms with Gasteiger partial charge in [0.05, 0.1) is 6.61 Å². The van der Waals surface area contributed by atoms with E-state index >= 15 is 0 Å².